The fraction of sp³-hybridized carbons (Fsp3) is 0.667. The second-order valence-corrected chi connectivity index (χ2v) is 4.35. The van der Waals surface area contributed by atoms with Crippen molar-refractivity contribution in [1.29, 1.82) is 0 Å². The zero-order valence-corrected chi connectivity index (χ0v) is 9.95. The SMILES string of the molecule is COC(=O)C(Br)CN1C(=O)CCCC1=O. The zero-order chi connectivity index (χ0) is 11.4. The number of alkyl halides is 1. The van der Waals surface area contributed by atoms with Gasteiger partial charge in [0, 0.05) is 12.8 Å². The minimum Gasteiger partial charge on any atom is -0.468 e. The van der Waals surface area contributed by atoms with Crippen LogP contribution < -0.4 is 0 Å². The summed E-state index contributed by atoms with van der Waals surface area (Å²) in [4.78, 5) is 34.3. The van der Waals surface area contributed by atoms with Crippen LogP contribution in [0.1, 0.15) is 19.3 Å². The molecule has 5 nitrogen and oxygen atoms in total. The Hall–Kier alpha value is -0.910. The van der Waals surface area contributed by atoms with Gasteiger partial charge in [0.1, 0.15) is 4.83 Å². The van der Waals surface area contributed by atoms with Gasteiger partial charge in [0.05, 0.1) is 13.7 Å². The molecule has 0 spiro atoms. The third kappa shape index (κ3) is 3.02. The van der Waals surface area contributed by atoms with E-state index in [1.165, 1.54) is 7.11 Å². The van der Waals surface area contributed by atoms with Gasteiger partial charge in [0.15, 0.2) is 0 Å². The van der Waals surface area contributed by atoms with E-state index < -0.39 is 10.8 Å². The number of ether oxygens (including phenoxy) is 1. The lowest BCUT2D eigenvalue weighted by Crippen LogP contribution is -2.44. The van der Waals surface area contributed by atoms with Crippen molar-refractivity contribution >= 4 is 33.7 Å². The van der Waals surface area contributed by atoms with Crippen molar-refractivity contribution in [3.05, 3.63) is 0 Å². The number of likely N-dealkylation sites (tertiary alicyclic amines) is 1. The summed E-state index contributed by atoms with van der Waals surface area (Å²) in [6.45, 7) is 0.0460. The molecule has 0 aliphatic carbocycles. The zero-order valence-electron chi connectivity index (χ0n) is 8.36. The number of hydrogen-bond donors (Lipinski definition) is 0. The van der Waals surface area contributed by atoms with Gasteiger partial charge >= 0.3 is 5.97 Å². The summed E-state index contributed by atoms with van der Waals surface area (Å²) in [6.07, 6.45) is 1.33. The summed E-state index contributed by atoms with van der Waals surface area (Å²) in [7, 11) is 1.26. The third-order valence-electron chi connectivity index (χ3n) is 2.18. The number of hydrogen-bond acceptors (Lipinski definition) is 4. The van der Waals surface area contributed by atoms with Crippen molar-refractivity contribution in [3.8, 4) is 0 Å². The largest absolute Gasteiger partial charge is 0.468 e. The van der Waals surface area contributed by atoms with Crippen LogP contribution in [0.2, 0.25) is 0 Å². The van der Waals surface area contributed by atoms with Crippen LogP contribution in [0.25, 0.3) is 0 Å². The average Bonchev–Trinajstić information content (AvgIpc) is 2.22. The second-order valence-electron chi connectivity index (χ2n) is 3.24. The molecule has 0 aromatic heterocycles. The molecule has 0 aromatic rings. The number of rotatable bonds is 3. The van der Waals surface area contributed by atoms with Crippen LogP contribution in [-0.2, 0) is 19.1 Å². The lowest BCUT2D eigenvalue weighted by molar-refractivity contribution is -0.148. The Morgan fingerprint density at radius 3 is 2.47 bits per heavy atom. The molecule has 1 heterocycles. The van der Waals surface area contributed by atoms with E-state index in [-0.39, 0.29) is 18.4 Å². The maximum Gasteiger partial charge on any atom is 0.321 e. The quantitative estimate of drug-likeness (QED) is 0.427. The third-order valence-corrected chi connectivity index (χ3v) is 2.85. The van der Waals surface area contributed by atoms with Crippen LogP contribution in [0.15, 0.2) is 0 Å². The number of imide groups is 1. The van der Waals surface area contributed by atoms with Gasteiger partial charge in [0.25, 0.3) is 0 Å². The molecule has 1 aliphatic rings. The van der Waals surface area contributed by atoms with Crippen LogP contribution in [0, 0.1) is 0 Å². The van der Waals surface area contributed by atoms with Crippen LogP contribution in [0.5, 0.6) is 0 Å². The molecule has 6 heteroatoms. The standard InChI is InChI=1S/C9H12BrNO4/c1-15-9(14)6(10)5-11-7(12)3-2-4-8(11)13/h6H,2-5H2,1H3. The number of methoxy groups -OCH3 is 1. The van der Waals surface area contributed by atoms with E-state index in [1.54, 1.807) is 0 Å². The van der Waals surface area contributed by atoms with Crippen LogP contribution >= 0.6 is 15.9 Å². The van der Waals surface area contributed by atoms with E-state index in [4.69, 9.17) is 0 Å². The van der Waals surface area contributed by atoms with Crippen molar-refractivity contribution < 1.29 is 19.1 Å². The molecule has 1 aliphatic heterocycles. The smallest absolute Gasteiger partial charge is 0.321 e. The summed E-state index contributed by atoms with van der Waals surface area (Å²) < 4.78 is 4.49. The average molecular weight is 278 g/mol. The fourth-order valence-corrected chi connectivity index (χ4v) is 1.84. The van der Waals surface area contributed by atoms with Gasteiger partial charge in [-0.15, -0.1) is 0 Å². The molecule has 84 valence electrons. The first-order chi connectivity index (χ1) is 7.06. The molecule has 1 saturated heterocycles. The van der Waals surface area contributed by atoms with Crippen molar-refractivity contribution in [1.82, 2.24) is 4.90 Å². The second kappa shape index (κ2) is 5.25. The molecular formula is C9H12BrNO4. The molecule has 1 fully saturated rings. The number of carbonyl (C=O) groups is 3. The molecule has 0 saturated carbocycles. The van der Waals surface area contributed by atoms with E-state index in [9.17, 15) is 14.4 Å². The Morgan fingerprint density at radius 1 is 1.47 bits per heavy atom. The number of esters is 1. The highest BCUT2D eigenvalue weighted by Gasteiger charge is 2.29. The predicted octanol–water partition coefficient (Wildman–Crippen LogP) is 0.462. The van der Waals surface area contributed by atoms with Crippen molar-refractivity contribution in [2.75, 3.05) is 13.7 Å². The molecule has 1 unspecified atom stereocenters. The summed E-state index contributed by atoms with van der Waals surface area (Å²) in [5.41, 5.74) is 0. The van der Waals surface area contributed by atoms with Gasteiger partial charge in [-0.1, -0.05) is 15.9 Å². The Labute approximate surface area is 95.9 Å². The Kier molecular flexibility index (Phi) is 4.26. The summed E-state index contributed by atoms with van der Waals surface area (Å²) in [6, 6.07) is 0. The van der Waals surface area contributed by atoms with E-state index in [2.05, 4.69) is 20.7 Å². The van der Waals surface area contributed by atoms with E-state index >= 15 is 0 Å². The highest BCUT2D eigenvalue weighted by atomic mass is 79.9. The molecule has 15 heavy (non-hydrogen) atoms. The van der Waals surface area contributed by atoms with Gasteiger partial charge in [-0.3, -0.25) is 19.3 Å². The van der Waals surface area contributed by atoms with Gasteiger partial charge < -0.3 is 4.74 Å². The number of halogens is 1. The number of piperidine rings is 1. The maximum absolute atomic E-state index is 11.4. The lowest BCUT2D eigenvalue weighted by Gasteiger charge is -2.25. The monoisotopic (exact) mass is 277 g/mol. The minimum atomic E-state index is -0.645. The maximum atomic E-state index is 11.4. The molecule has 0 aromatic carbocycles. The van der Waals surface area contributed by atoms with Crippen LogP contribution in [-0.4, -0.2) is 41.2 Å². The Morgan fingerprint density at radius 2 is 2.00 bits per heavy atom. The van der Waals surface area contributed by atoms with Crippen LogP contribution in [0.3, 0.4) is 0 Å². The summed E-state index contributed by atoms with van der Waals surface area (Å²) >= 11 is 3.07. The number of carbonyl (C=O) groups excluding carboxylic acids is 3. The molecule has 1 rings (SSSR count). The first-order valence-corrected chi connectivity index (χ1v) is 5.53. The highest BCUT2D eigenvalue weighted by molar-refractivity contribution is 9.10. The molecule has 0 bridgehead atoms. The van der Waals surface area contributed by atoms with Crippen molar-refractivity contribution in [2.45, 2.75) is 24.1 Å². The molecule has 2 amide bonds. The first-order valence-electron chi connectivity index (χ1n) is 4.61. The van der Waals surface area contributed by atoms with Gasteiger partial charge in [-0.2, -0.15) is 0 Å². The van der Waals surface area contributed by atoms with Crippen LogP contribution in [0.4, 0.5) is 0 Å². The van der Waals surface area contributed by atoms with Crippen molar-refractivity contribution in [3.63, 3.8) is 0 Å². The first kappa shape index (κ1) is 12.2. The molecular weight excluding hydrogens is 266 g/mol. The molecule has 0 N–H and O–H groups in total. The molecule has 1 atom stereocenters. The summed E-state index contributed by atoms with van der Waals surface area (Å²) in [5, 5.41) is 0. The Bertz CT molecular complexity index is 276. The highest BCUT2D eigenvalue weighted by Crippen LogP contribution is 2.15. The normalized spacial score (nSPS) is 18.9. The Balaban J connectivity index is 2.58. The number of amides is 2. The minimum absolute atomic E-state index is 0.0460. The predicted molar refractivity (Wildman–Crippen MR) is 55.3 cm³/mol. The van der Waals surface area contributed by atoms with E-state index in [0.29, 0.717) is 19.3 Å². The van der Waals surface area contributed by atoms with Gasteiger partial charge in [-0.25, -0.2) is 0 Å². The van der Waals surface area contributed by atoms with Gasteiger partial charge in [0.2, 0.25) is 11.8 Å². The molecule has 0 radical (unpaired) electrons. The summed E-state index contributed by atoms with van der Waals surface area (Å²) in [5.74, 6) is -0.930. The fourth-order valence-electron chi connectivity index (χ4n) is 1.37. The van der Waals surface area contributed by atoms with Gasteiger partial charge in [-0.05, 0) is 6.42 Å². The van der Waals surface area contributed by atoms with Crippen molar-refractivity contribution in [2.24, 2.45) is 0 Å². The van der Waals surface area contributed by atoms with E-state index in [1.807, 2.05) is 0 Å². The lowest BCUT2D eigenvalue weighted by atomic mass is 10.1. The topological polar surface area (TPSA) is 63.7 Å². The number of nitrogens with zero attached hydrogens (tertiary/aromatic N) is 1. The van der Waals surface area contributed by atoms with E-state index in [0.717, 1.165) is 4.90 Å².